The normalized spacial score (nSPS) is 11.4. The van der Waals surface area contributed by atoms with Crippen molar-refractivity contribution in [3.05, 3.63) is 90.0 Å². The van der Waals surface area contributed by atoms with E-state index in [1.165, 1.54) is 0 Å². The Morgan fingerprint density at radius 2 is 1.36 bits per heavy atom. The zero-order valence-corrected chi connectivity index (χ0v) is 15.8. The molecular formula is C23H22N2O3. The molecule has 0 aromatic heterocycles. The number of ether oxygens (including phenoxy) is 1. The summed E-state index contributed by atoms with van der Waals surface area (Å²) in [5.41, 5.74) is 2.99. The van der Waals surface area contributed by atoms with Gasteiger partial charge in [0.2, 0.25) is 0 Å². The molecule has 3 aromatic carbocycles. The number of rotatable bonds is 6. The summed E-state index contributed by atoms with van der Waals surface area (Å²) >= 11 is 0. The first-order chi connectivity index (χ1) is 13.5. The van der Waals surface area contributed by atoms with Gasteiger partial charge in [0.15, 0.2) is 6.10 Å². The molecule has 3 rings (SSSR count). The number of hydrogen-bond acceptors (Lipinski definition) is 3. The zero-order valence-electron chi connectivity index (χ0n) is 15.8. The van der Waals surface area contributed by atoms with Crippen molar-refractivity contribution in [3.8, 4) is 5.75 Å². The van der Waals surface area contributed by atoms with Crippen LogP contribution in [0.1, 0.15) is 22.8 Å². The molecule has 5 heteroatoms. The van der Waals surface area contributed by atoms with Crippen LogP contribution in [0.15, 0.2) is 78.9 Å². The molecule has 2 amide bonds. The molecule has 0 aliphatic carbocycles. The highest BCUT2D eigenvalue weighted by Gasteiger charge is 2.15. The van der Waals surface area contributed by atoms with Crippen LogP contribution in [0.2, 0.25) is 0 Å². The number of benzene rings is 3. The zero-order chi connectivity index (χ0) is 19.9. The summed E-state index contributed by atoms with van der Waals surface area (Å²) in [6.45, 7) is 3.69. The van der Waals surface area contributed by atoms with Gasteiger partial charge >= 0.3 is 0 Å². The lowest BCUT2D eigenvalue weighted by molar-refractivity contribution is -0.122. The molecule has 0 spiro atoms. The second-order valence-corrected chi connectivity index (χ2v) is 6.46. The minimum Gasteiger partial charge on any atom is -0.481 e. The summed E-state index contributed by atoms with van der Waals surface area (Å²) in [6.07, 6.45) is -0.639. The Hall–Kier alpha value is -3.60. The maximum absolute atomic E-state index is 12.3. The van der Waals surface area contributed by atoms with Gasteiger partial charge in [-0.25, -0.2) is 0 Å². The maximum atomic E-state index is 12.3. The van der Waals surface area contributed by atoms with Gasteiger partial charge < -0.3 is 15.4 Å². The van der Waals surface area contributed by atoms with E-state index in [1.807, 2.05) is 49.4 Å². The van der Waals surface area contributed by atoms with E-state index >= 15 is 0 Å². The van der Waals surface area contributed by atoms with Crippen LogP contribution in [-0.4, -0.2) is 17.9 Å². The molecule has 28 heavy (non-hydrogen) atoms. The lowest BCUT2D eigenvalue weighted by Gasteiger charge is -2.15. The van der Waals surface area contributed by atoms with Gasteiger partial charge in [-0.15, -0.1) is 0 Å². The average molecular weight is 374 g/mol. The van der Waals surface area contributed by atoms with Crippen molar-refractivity contribution < 1.29 is 14.3 Å². The first kappa shape index (κ1) is 19.2. The first-order valence-electron chi connectivity index (χ1n) is 9.02. The van der Waals surface area contributed by atoms with Gasteiger partial charge in [0, 0.05) is 16.9 Å². The van der Waals surface area contributed by atoms with Crippen molar-refractivity contribution in [1.29, 1.82) is 0 Å². The molecule has 0 fully saturated rings. The number of carbonyl (C=O) groups excluding carboxylic acids is 2. The summed E-state index contributed by atoms with van der Waals surface area (Å²) in [4.78, 5) is 24.5. The molecule has 0 saturated carbocycles. The van der Waals surface area contributed by atoms with Crippen molar-refractivity contribution in [1.82, 2.24) is 0 Å². The molecule has 0 aliphatic heterocycles. The fourth-order valence-electron chi connectivity index (χ4n) is 2.55. The Labute approximate surface area is 164 Å². The summed E-state index contributed by atoms with van der Waals surface area (Å²) in [5, 5.41) is 5.63. The van der Waals surface area contributed by atoms with E-state index in [1.54, 1.807) is 43.3 Å². The highest BCUT2D eigenvalue weighted by molar-refractivity contribution is 6.04. The van der Waals surface area contributed by atoms with Crippen molar-refractivity contribution in [2.45, 2.75) is 20.0 Å². The van der Waals surface area contributed by atoms with Gasteiger partial charge in [-0.1, -0.05) is 35.9 Å². The van der Waals surface area contributed by atoms with E-state index in [2.05, 4.69) is 10.6 Å². The van der Waals surface area contributed by atoms with Gasteiger partial charge in [0.25, 0.3) is 11.8 Å². The molecule has 0 heterocycles. The van der Waals surface area contributed by atoms with Crippen molar-refractivity contribution >= 4 is 23.2 Å². The fourth-order valence-corrected chi connectivity index (χ4v) is 2.55. The van der Waals surface area contributed by atoms with E-state index in [0.717, 1.165) is 5.56 Å². The first-order valence-corrected chi connectivity index (χ1v) is 9.02. The van der Waals surface area contributed by atoms with Crippen LogP contribution in [-0.2, 0) is 4.79 Å². The Balaban J connectivity index is 1.55. The number of hydrogen-bond donors (Lipinski definition) is 2. The molecule has 2 N–H and O–H groups in total. The molecule has 3 aromatic rings. The smallest absolute Gasteiger partial charge is 0.265 e. The summed E-state index contributed by atoms with van der Waals surface area (Å²) in [5.74, 6) is 0.214. The van der Waals surface area contributed by atoms with Crippen LogP contribution >= 0.6 is 0 Å². The van der Waals surface area contributed by atoms with Crippen molar-refractivity contribution in [2.75, 3.05) is 10.6 Å². The maximum Gasteiger partial charge on any atom is 0.265 e. The standard InChI is InChI=1S/C23H22N2O3/c1-16-8-14-21(15-9-16)28-17(2)22(26)24-19-10-12-20(13-11-19)25-23(27)18-6-4-3-5-7-18/h3-15,17H,1-2H3,(H,24,26)(H,25,27). The highest BCUT2D eigenvalue weighted by atomic mass is 16.5. The van der Waals surface area contributed by atoms with Crippen molar-refractivity contribution in [2.24, 2.45) is 0 Å². The Kier molecular flexibility index (Phi) is 6.07. The monoisotopic (exact) mass is 374 g/mol. The number of aryl methyl sites for hydroxylation is 1. The van der Waals surface area contributed by atoms with Crippen LogP contribution in [0.25, 0.3) is 0 Å². The Morgan fingerprint density at radius 1 is 0.786 bits per heavy atom. The van der Waals surface area contributed by atoms with Crippen LogP contribution in [0, 0.1) is 6.92 Å². The summed E-state index contributed by atoms with van der Waals surface area (Å²) in [7, 11) is 0. The second-order valence-electron chi connectivity index (χ2n) is 6.46. The third-order valence-electron chi connectivity index (χ3n) is 4.15. The average Bonchev–Trinajstić information content (AvgIpc) is 2.71. The number of carbonyl (C=O) groups is 2. The quantitative estimate of drug-likeness (QED) is 0.660. The van der Waals surface area contributed by atoms with Crippen molar-refractivity contribution in [3.63, 3.8) is 0 Å². The largest absolute Gasteiger partial charge is 0.481 e. The SMILES string of the molecule is Cc1ccc(OC(C)C(=O)Nc2ccc(NC(=O)c3ccccc3)cc2)cc1. The van der Waals surface area contributed by atoms with Gasteiger partial charge in [-0.2, -0.15) is 0 Å². The number of amides is 2. The van der Waals surface area contributed by atoms with E-state index in [0.29, 0.717) is 22.7 Å². The summed E-state index contributed by atoms with van der Waals surface area (Å²) < 4.78 is 5.66. The highest BCUT2D eigenvalue weighted by Crippen LogP contribution is 2.17. The topological polar surface area (TPSA) is 67.4 Å². The molecule has 0 aliphatic rings. The predicted molar refractivity (Wildman–Crippen MR) is 111 cm³/mol. The molecular weight excluding hydrogens is 352 g/mol. The lowest BCUT2D eigenvalue weighted by Crippen LogP contribution is -2.30. The Morgan fingerprint density at radius 3 is 1.96 bits per heavy atom. The number of anilines is 2. The van der Waals surface area contributed by atoms with Crippen LogP contribution in [0.4, 0.5) is 11.4 Å². The van der Waals surface area contributed by atoms with Gasteiger partial charge in [0.05, 0.1) is 0 Å². The van der Waals surface area contributed by atoms with E-state index in [4.69, 9.17) is 4.74 Å². The third-order valence-corrected chi connectivity index (χ3v) is 4.15. The van der Waals surface area contributed by atoms with E-state index in [-0.39, 0.29) is 11.8 Å². The van der Waals surface area contributed by atoms with Crippen LogP contribution in [0.3, 0.4) is 0 Å². The third kappa shape index (κ3) is 5.20. The fraction of sp³-hybridized carbons (Fsp3) is 0.130. The second kappa shape index (κ2) is 8.86. The van der Waals surface area contributed by atoms with Gasteiger partial charge in [0.1, 0.15) is 5.75 Å². The Bertz CT molecular complexity index is 936. The van der Waals surface area contributed by atoms with Gasteiger partial charge in [-0.3, -0.25) is 9.59 Å². The van der Waals surface area contributed by atoms with E-state index < -0.39 is 6.10 Å². The minimum atomic E-state index is -0.639. The minimum absolute atomic E-state index is 0.183. The number of nitrogens with one attached hydrogen (secondary N) is 2. The molecule has 0 radical (unpaired) electrons. The molecule has 1 unspecified atom stereocenters. The lowest BCUT2D eigenvalue weighted by atomic mass is 10.2. The molecule has 0 bridgehead atoms. The van der Waals surface area contributed by atoms with Crippen LogP contribution < -0.4 is 15.4 Å². The molecule has 5 nitrogen and oxygen atoms in total. The predicted octanol–water partition coefficient (Wildman–Crippen LogP) is 4.65. The molecule has 1 atom stereocenters. The van der Waals surface area contributed by atoms with Gasteiger partial charge in [-0.05, 0) is 62.4 Å². The molecule has 0 saturated heterocycles. The summed E-state index contributed by atoms with van der Waals surface area (Å²) in [6, 6.07) is 23.5. The van der Waals surface area contributed by atoms with Crippen LogP contribution in [0.5, 0.6) is 5.75 Å². The van der Waals surface area contributed by atoms with E-state index in [9.17, 15) is 9.59 Å². The molecule has 142 valence electrons.